The summed E-state index contributed by atoms with van der Waals surface area (Å²) in [5.74, 6) is -4.34. The summed E-state index contributed by atoms with van der Waals surface area (Å²) in [4.78, 5) is 11.5. The van der Waals surface area contributed by atoms with Gasteiger partial charge >= 0.3 is 6.03 Å². The summed E-state index contributed by atoms with van der Waals surface area (Å²) in [5, 5.41) is 4.59. The Morgan fingerprint density at radius 2 is 2.11 bits per heavy atom. The van der Waals surface area contributed by atoms with E-state index in [2.05, 4.69) is 10.6 Å². The molecule has 0 bridgehead atoms. The third-order valence-corrected chi connectivity index (χ3v) is 2.80. The molecule has 1 aromatic carbocycles. The summed E-state index contributed by atoms with van der Waals surface area (Å²) in [7, 11) is 0. The van der Waals surface area contributed by atoms with Crippen molar-refractivity contribution in [3.63, 3.8) is 0 Å². The van der Waals surface area contributed by atoms with Gasteiger partial charge in [-0.3, -0.25) is 0 Å². The van der Waals surface area contributed by atoms with Gasteiger partial charge in [-0.2, -0.15) is 0 Å². The number of urea groups is 1. The predicted molar refractivity (Wildman–Crippen MR) is 62.3 cm³/mol. The van der Waals surface area contributed by atoms with Crippen LogP contribution in [-0.2, 0) is 4.74 Å². The van der Waals surface area contributed by atoms with Gasteiger partial charge in [0.2, 0.25) is 0 Å². The van der Waals surface area contributed by atoms with Gasteiger partial charge in [0.1, 0.15) is 0 Å². The van der Waals surface area contributed by atoms with Crippen LogP contribution in [-0.4, -0.2) is 25.3 Å². The molecule has 0 radical (unpaired) electrons. The number of carbonyl (C=O) groups is 1. The number of nitrogens with one attached hydrogen (secondary N) is 2. The van der Waals surface area contributed by atoms with Crippen LogP contribution in [0.25, 0.3) is 0 Å². The van der Waals surface area contributed by atoms with Crippen LogP contribution < -0.4 is 10.6 Å². The fourth-order valence-electron chi connectivity index (χ4n) is 1.80. The molecule has 1 saturated heterocycles. The van der Waals surface area contributed by atoms with E-state index in [-0.39, 0.29) is 12.6 Å². The van der Waals surface area contributed by atoms with Gasteiger partial charge in [0, 0.05) is 13.2 Å². The van der Waals surface area contributed by atoms with Crippen molar-refractivity contribution >= 4 is 11.7 Å². The molecule has 1 aliphatic heterocycles. The van der Waals surface area contributed by atoms with Gasteiger partial charge in [0.15, 0.2) is 17.5 Å². The Bertz CT molecular complexity index is 476. The van der Waals surface area contributed by atoms with Crippen LogP contribution in [0.2, 0.25) is 0 Å². The minimum absolute atomic E-state index is 0.0550. The zero-order chi connectivity index (χ0) is 13.8. The molecule has 0 aromatic heterocycles. The molecule has 104 valence electrons. The monoisotopic (exact) mass is 274 g/mol. The zero-order valence-corrected chi connectivity index (χ0v) is 10.0. The quantitative estimate of drug-likeness (QED) is 0.832. The largest absolute Gasteiger partial charge is 0.376 e. The number of halogens is 3. The maximum absolute atomic E-state index is 13.3. The topological polar surface area (TPSA) is 50.4 Å². The smallest absolute Gasteiger partial charge is 0.319 e. The zero-order valence-electron chi connectivity index (χ0n) is 10.0. The second-order valence-electron chi connectivity index (χ2n) is 4.19. The molecule has 19 heavy (non-hydrogen) atoms. The highest BCUT2D eigenvalue weighted by Gasteiger charge is 2.18. The Balaban J connectivity index is 1.89. The molecule has 0 aliphatic carbocycles. The van der Waals surface area contributed by atoms with Crippen molar-refractivity contribution in [2.45, 2.75) is 18.9 Å². The Labute approximate surface area is 107 Å². The molecule has 7 heteroatoms. The van der Waals surface area contributed by atoms with Crippen LogP contribution in [0, 0.1) is 17.5 Å². The highest BCUT2D eigenvalue weighted by atomic mass is 19.2. The second kappa shape index (κ2) is 5.92. The highest BCUT2D eigenvalue weighted by molar-refractivity contribution is 5.89. The number of hydrogen-bond acceptors (Lipinski definition) is 2. The third kappa shape index (κ3) is 3.37. The van der Waals surface area contributed by atoms with Gasteiger partial charge in [-0.15, -0.1) is 0 Å². The van der Waals surface area contributed by atoms with Crippen molar-refractivity contribution in [2.75, 3.05) is 18.5 Å². The molecule has 1 aromatic rings. The van der Waals surface area contributed by atoms with Crippen LogP contribution in [0.15, 0.2) is 12.1 Å². The van der Waals surface area contributed by atoms with Crippen molar-refractivity contribution in [1.82, 2.24) is 5.32 Å². The van der Waals surface area contributed by atoms with Gasteiger partial charge in [0.05, 0.1) is 11.8 Å². The summed E-state index contributed by atoms with van der Waals surface area (Å²) < 4.78 is 44.2. The fourth-order valence-corrected chi connectivity index (χ4v) is 1.80. The fraction of sp³-hybridized carbons (Fsp3) is 0.417. The van der Waals surface area contributed by atoms with Crippen molar-refractivity contribution in [3.05, 3.63) is 29.6 Å². The summed E-state index contributed by atoms with van der Waals surface area (Å²) in [6.07, 6.45) is 1.73. The molecule has 1 aliphatic rings. The summed E-state index contributed by atoms with van der Waals surface area (Å²) in [5.41, 5.74) is -0.413. The van der Waals surface area contributed by atoms with Gasteiger partial charge in [-0.05, 0) is 25.0 Å². The first-order chi connectivity index (χ1) is 9.08. The van der Waals surface area contributed by atoms with E-state index in [0.29, 0.717) is 6.61 Å². The minimum Gasteiger partial charge on any atom is -0.376 e. The molecule has 1 heterocycles. The Morgan fingerprint density at radius 3 is 2.79 bits per heavy atom. The Hall–Kier alpha value is -1.76. The van der Waals surface area contributed by atoms with Crippen molar-refractivity contribution in [2.24, 2.45) is 0 Å². The molecule has 1 unspecified atom stereocenters. The summed E-state index contributed by atoms with van der Waals surface area (Å²) >= 11 is 0. The van der Waals surface area contributed by atoms with Crippen LogP contribution in [0.4, 0.5) is 23.7 Å². The molecule has 4 nitrogen and oxygen atoms in total. The average molecular weight is 274 g/mol. The number of benzene rings is 1. The van der Waals surface area contributed by atoms with E-state index in [9.17, 15) is 18.0 Å². The lowest BCUT2D eigenvalue weighted by Gasteiger charge is -2.12. The van der Waals surface area contributed by atoms with E-state index in [1.807, 2.05) is 0 Å². The minimum atomic E-state index is -1.61. The molecular formula is C12H13F3N2O2. The van der Waals surface area contributed by atoms with E-state index in [1.54, 1.807) is 0 Å². The lowest BCUT2D eigenvalue weighted by atomic mass is 10.2. The van der Waals surface area contributed by atoms with E-state index >= 15 is 0 Å². The molecule has 1 fully saturated rings. The van der Waals surface area contributed by atoms with Crippen molar-refractivity contribution < 1.29 is 22.7 Å². The molecule has 0 saturated carbocycles. The number of carbonyl (C=O) groups excluding carboxylic acids is 1. The normalized spacial score (nSPS) is 18.4. The standard InChI is InChI=1S/C12H13F3N2O2/c13-8-3-4-9(11(15)10(8)14)17-12(18)16-6-7-2-1-5-19-7/h3-4,7H,1-2,5-6H2,(H2,16,17,18). The number of anilines is 1. The van der Waals surface area contributed by atoms with E-state index in [4.69, 9.17) is 4.74 Å². The third-order valence-electron chi connectivity index (χ3n) is 2.80. The molecule has 1 atom stereocenters. The van der Waals surface area contributed by atoms with Gasteiger partial charge in [0.25, 0.3) is 0 Å². The Kier molecular flexibility index (Phi) is 4.26. The highest BCUT2D eigenvalue weighted by Crippen LogP contribution is 2.19. The SMILES string of the molecule is O=C(NCC1CCCO1)Nc1ccc(F)c(F)c1F. The maximum atomic E-state index is 13.3. The Morgan fingerprint density at radius 1 is 1.32 bits per heavy atom. The maximum Gasteiger partial charge on any atom is 0.319 e. The van der Waals surface area contributed by atoms with Crippen LogP contribution in [0.5, 0.6) is 0 Å². The van der Waals surface area contributed by atoms with E-state index in [0.717, 1.165) is 25.0 Å². The summed E-state index contributed by atoms with van der Waals surface area (Å²) in [6.45, 7) is 0.947. The lowest BCUT2D eigenvalue weighted by molar-refractivity contribution is 0.112. The van der Waals surface area contributed by atoms with Crippen molar-refractivity contribution in [1.29, 1.82) is 0 Å². The molecule has 2 amide bonds. The van der Waals surface area contributed by atoms with Crippen LogP contribution >= 0.6 is 0 Å². The second-order valence-corrected chi connectivity index (χ2v) is 4.19. The molecule has 0 spiro atoms. The van der Waals surface area contributed by atoms with Crippen LogP contribution in [0.1, 0.15) is 12.8 Å². The van der Waals surface area contributed by atoms with E-state index < -0.39 is 29.2 Å². The van der Waals surface area contributed by atoms with Gasteiger partial charge in [-0.1, -0.05) is 0 Å². The number of amides is 2. The average Bonchev–Trinajstić information content (AvgIpc) is 2.90. The predicted octanol–water partition coefficient (Wildman–Crippen LogP) is 2.40. The molecular weight excluding hydrogens is 261 g/mol. The number of rotatable bonds is 3. The van der Waals surface area contributed by atoms with Gasteiger partial charge < -0.3 is 15.4 Å². The molecule has 2 rings (SSSR count). The number of ether oxygens (including phenoxy) is 1. The van der Waals surface area contributed by atoms with Gasteiger partial charge in [-0.25, -0.2) is 18.0 Å². The first-order valence-corrected chi connectivity index (χ1v) is 5.88. The van der Waals surface area contributed by atoms with Crippen LogP contribution in [0.3, 0.4) is 0 Å². The first-order valence-electron chi connectivity index (χ1n) is 5.88. The van der Waals surface area contributed by atoms with E-state index in [1.165, 1.54) is 0 Å². The van der Waals surface area contributed by atoms with Crippen molar-refractivity contribution in [3.8, 4) is 0 Å². The number of hydrogen-bond donors (Lipinski definition) is 2. The lowest BCUT2D eigenvalue weighted by Crippen LogP contribution is -2.35. The first kappa shape index (κ1) is 13.7. The molecule has 2 N–H and O–H groups in total. The summed E-state index contributed by atoms with van der Waals surface area (Å²) in [6, 6.07) is 1.01.